The first-order chi connectivity index (χ1) is 13.8. The number of hydrogen-bond donors (Lipinski definition) is 1. The Bertz CT molecular complexity index is 1020. The minimum Gasteiger partial charge on any atom is -0.471 e. The van der Waals surface area contributed by atoms with E-state index in [1.807, 2.05) is 46.8 Å². The van der Waals surface area contributed by atoms with E-state index in [1.165, 1.54) is 5.56 Å². The first kappa shape index (κ1) is 20.9. The van der Waals surface area contributed by atoms with E-state index in [0.29, 0.717) is 22.8 Å². The van der Waals surface area contributed by atoms with Gasteiger partial charge < -0.3 is 10.1 Å². The van der Waals surface area contributed by atoms with Crippen molar-refractivity contribution in [2.75, 3.05) is 5.32 Å². The number of benzene rings is 1. The number of carbonyl (C=O) groups excluding carboxylic acids is 1. The molecular weight excluding hydrogens is 390 g/mol. The number of aromatic nitrogens is 4. The third kappa shape index (κ3) is 4.62. The maximum Gasteiger partial charge on any atom is 0.249 e. The van der Waals surface area contributed by atoms with Crippen LogP contribution in [-0.2, 0) is 11.5 Å². The number of ether oxygens (including phenoxy) is 1. The fourth-order valence-corrected chi connectivity index (χ4v) is 3.36. The monoisotopic (exact) mass is 415 g/mol. The van der Waals surface area contributed by atoms with Crippen LogP contribution in [-0.4, -0.2) is 25.5 Å². The number of anilines is 1. The van der Waals surface area contributed by atoms with Crippen molar-refractivity contribution in [3.8, 4) is 5.75 Å². The first-order valence-electron chi connectivity index (χ1n) is 9.54. The van der Waals surface area contributed by atoms with Crippen LogP contribution in [0.3, 0.4) is 0 Å². The second kappa shape index (κ2) is 8.69. The summed E-state index contributed by atoms with van der Waals surface area (Å²) in [6, 6.07) is 5.58. The van der Waals surface area contributed by atoms with Gasteiger partial charge in [0.2, 0.25) is 5.91 Å². The van der Waals surface area contributed by atoms with Crippen LogP contribution in [0.2, 0.25) is 5.02 Å². The zero-order valence-electron chi connectivity index (χ0n) is 17.4. The number of rotatable bonds is 7. The van der Waals surface area contributed by atoms with Crippen molar-refractivity contribution < 1.29 is 9.53 Å². The molecule has 0 radical (unpaired) electrons. The number of nitrogens with zero attached hydrogens (tertiary/aromatic N) is 4. The molecule has 0 fully saturated rings. The van der Waals surface area contributed by atoms with E-state index in [2.05, 4.69) is 21.6 Å². The molecule has 2 heterocycles. The Hall–Kier alpha value is -2.80. The summed E-state index contributed by atoms with van der Waals surface area (Å²) < 4.78 is 9.14. The highest BCUT2D eigenvalue weighted by atomic mass is 35.5. The summed E-state index contributed by atoms with van der Waals surface area (Å²) >= 11 is 6.23. The summed E-state index contributed by atoms with van der Waals surface area (Å²) in [5.74, 6) is 0.647. The second-order valence-electron chi connectivity index (χ2n) is 7.15. The third-order valence-corrected chi connectivity index (χ3v) is 5.35. The fraction of sp³-hybridized carbons (Fsp3) is 0.381. The minimum atomic E-state index is -0.448. The average molecular weight is 416 g/mol. The molecule has 0 bridgehead atoms. The highest BCUT2D eigenvalue weighted by Crippen LogP contribution is 2.25. The SMILES string of the molecule is CCC(C(=O)Nc1cnn(COc2ccc(C)cc2C)c1)n1nc(C)c(Cl)c1C. The Morgan fingerprint density at radius 3 is 2.66 bits per heavy atom. The zero-order chi connectivity index (χ0) is 21.1. The molecule has 0 aliphatic rings. The molecule has 0 saturated heterocycles. The maximum atomic E-state index is 12.8. The molecule has 154 valence electrons. The van der Waals surface area contributed by atoms with E-state index in [-0.39, 0.29) is 12.6 Å². The number of carbonyl (C=O) groups is 1. The van der Waals surface area contributed by atoms with Crippen LogP contribution in [0.1, 0.15) is 41.9 Å². The third-order valence-electron chi connectivity index (χ3n) is 4.80. The van der Waals surface area contributed by atoms with Crippen LogP contribution in [0.25, 0.3) is 0 Å². The number of hydrogen-bond acceptors (Lipinski definition) is 4. The van der Waals surface area contributed by atoms with Gasteiger partial charge in [0.15, 0.2) is 6.73 Å². The van der Waals surface area contributed by atoms with E-state index < -0.39 is 6.04 Å². The molecule has 29 heavy (non-hydrogen) atoms. The van der Waals surface area contributed by atoms with E-state index in [1.54, 1.807) is 21.8 Å². The van der Waals surface area contributed by atoms with Crippen molar-refractivity contribution in [2.24, 2.45) is 0 Å². The Labute approximate surface area is 175 Å². The van der Waals surface area contributed by atoms with Gasteiger partial charge in [-0.15, -0.1) is 0 Å². The molecule has 0 aliphatic carbocycles. The van der Waals surface area contributed by atoms with Gasteiger partial charge in [0.25, 0.3) is 0 Å². The van der Waals surface area contributed by atoms with Gasteiger partial charge in [0.05, 0.1) is 34.5 Å². The predicted molar refractivity (Wildman–Crippen MR) is 113 cm³/mol. The molecule has 7 nitrogen and oxygen atoms in total. The molecule has 3 aromatic rings. The molecule has 1 amide bonds. The highest BCUT2D eigenvalue weighted by Gasteiger charge is 2.23. The lowest BCUT2D eigenvalue weighted by Gasteiger charge is -2.16. The van der Waals surface area contributed by atoms with Crippen molar-refractivity contribution in [1.82, 2.24) is 19.6 Å². The molecule has 2 aromatic heterocycles. The summed E-state index contributed by atoms with van der Waals surface area (Å²) in [6.45, 7) is 9.94. The smallest absolute Gasteiger partial charge is 0.249 e. The van der Waals surface area contributed by atoms with Crippen molar-refractivity contribution in [3.05, 3.63) is 58.1 Å². The predicted octanol–water partition coefficient (Wildman–Crippen LogP) is 4.59. The molecule has 1 atom stereocenters. The van der Waals surface area contributed by atoms with Crippen molar-refractivity contribution in [2.45, 2.75) is 53.8 Å². The van der Waals surface area contributed by atoms with Crippen molar-refractivity contribution >= 4 is 23.2 Å². The second-order valence-corrected chi connectivity index (χ2v) is 7.53. The number of aryl methyl sites for hydroxylation is 3. The fourth-order valence-electron chi connectivity index (χ4n) is 3.24. The Balaban J connectivity index is 1.65. The van der Waals surface area contributed by atoms with Crippen molar-refractivity contribution in [3.63, 3.8) is 0 Å². The molecule has 3 rings (SSSR count). The van der Waals surface area contributed by atoms with Gasteiger partial charge in [0.1, 0.15) is 11.8 Å². The summed E-state index contributed by atoms with van der Waals surface area (Å²) in [5.41, 5.74) is 4.36. The van der Waals surface area contributed by atoms with Gasteiger partial charge in [-0.05, 0) is 45.7 Å². The summed E-state index contributed by atoms with van der Waals surface area (Å²) in [5, 5.41) is 12.2. The van der Waals surface area contributed by atoms with Gasteiger partial charge in [-0.2, -0.15) is 10.2 Å². The van der Waals surface area contributed by atoms with E-state index in [9.17, 15) is 4.79 Å². The van der Waals surface area contributed by atoms with Gasteiger partial charge in [-0.1, -0.05) is 36.2 Å². The molecule has 1 N–H and O–H groups in total. The maximum absolute atomic E-state index is 12.8. The lowest BCUT2D eigenvalue weighted by atomic mass is 10.1. The quantitative estimate of drug-likeness (QED) is 0.612. The molecule has 0 aliphatic heterocycles. The minimum absolute atomic E-state index is 0.162. The van der Waals surface area contributed by atoms with Gasteiger partial charge >= 0.3 is 0 Å². The summed E-state index contributed by atoms with van der Waals surface area (Å²) in [7, 11) is 0. The molecule has 0 saturated carbocycles. The molecule has 1 aromatic carbocycles. The van der Waals surface area contributed by atoms with Crippen LogP contribution in [0.5, 0.6) is 5.75 Å². The molecule has 8 heteroatoms. The molecular formula is C21H26ClN5O2. The van der Waals surface area contributed by atoms with E-state index in [0.717, 1.165) is 17.0 Å². The number of amides is 1. The normalized spacial score (nSPS) is 12.1. The van der Waals surface area contributed by atoms with Gasteiger partial charge in [-0.3, -0.25) is 9.48 Å². The lowest BCUT2D eigenvalue weighted by Crippen LogP contribution is -2.27. The van der Waals surface area contributed by atoms with Crippen LogP contribution in [0.15, 0.2) is 30.6 Å². The van der Waals surface area contributed by atoms with Crippen LogP contribution < -0.4 is 10.1 Å². The number of nitrogens with one attached hydrogen (secondary N) is 1. The number of halogens is 1. The van der Waals surface area contributed by atoms with Gasteiger partial charge in [0, 0.05) is 0 Å². The molecule has 0 spiro atoms. The summed E-state index contributed by atoms with van der Waals surface area (Å²) in [6.07, 6.45) is 3.93. The Morgan fingerprint density at radius 1 is 1.28 bits per heavy atom. The van der Waals surface area contributed by atoms with E-state index in [4.69, 9.17) is 16.3 Å². The first-order valence-corrected chi connectivity index (χ1v) is 9.92. The van der Waals surface area contributed by atoms with Crippen molar-refractivity contribution in [1.29, 1.82) is 0 Å². The van der Waals surface area contributed by atoms with Crippen LogP contribution >= 0.6 is 11.6 Å². The Morgan fingerprint density at radius 2 is 2.03 bits per heavy atom. The van der Waals surface area contributed by atoms with Crippen LogP contribution in [0.4, 0.5) is 5.69 Å². The van der Waals surface area contributed by atoms with Gasteiger partial charge in [-0.25, -0.2) is 4.68 Å². The van der Waals surface area contributed by atoms with E-state index >= 15 is 0 Å². The topological polar surface area (TPSA) is 74.0 Å². The van der Waals surface area contributed by atoms with Crippen LogP contribution in [0, 0.1) is 27.7 Å². The largest absolute Gasteiger partial charge is 0.471 e. The summed E-state index contributed by atoms with van der Waals surface area (Å²) in [4.78, 5) is 12.8. The highest BCUT2D eigenvalue weighted by molar-refractivity contribution is 6.31. The molecule has 1 unspecified atom stereocenters. The Kier molecular flexibility index (Phi) is 6.27. The lowest BCUT2D eigenvalue weighted by molar-refractivity contribution is -0.119. The standard InChI is InChI=1S/C21H26ClN5O2/c1-6-18(27-16(5)20(22)15(4)25-27)21(28)24-17-10-23-26(11-17)12-29-19-8-7-13(2)9-14(19)3/h7-11,18H,6,12H2,1-5H3,(H,24,28). The average Bonchev–Trinajstić information content (AvgIpc) is 3.22. The zero-order valence-corrected chi connectivity index (χ0v) is 18.1.